The van der Waals surface area contributed by atoms with Crippen LogP contribution in [0.3, 0.4) is 0 Å². The third-order valence-corrected chi connectivity index (χ3v) is 4.36. The molecule has 0 spiro atoms. The molecule has 0 heterocycles. The van der Waals surface area contributed by atoms with Crippen molar-refractivity contribution in [2.75, 3.05) is 19.0 Å². The van der Waals surface area contributed by atoms with Crippen LogP contribution in [-0.2, 0) is 11.0 Å². The fourth-order valence-corrected chi connectivity index (χ4v) is 2.80. The highest BCUT2D eigenvalue weighted by Crippen LogP contribution is 2.34. The van der Waals surface area contributed by atoms with Crippen molar-refractivity contribution in [3.63, 3.8) is 0 Å². The molecule has 7 heteroatoms. The Kier molecular flexibility index (Phi) is 8.77. The molecule has 30 heavy (non-hydrogen) atoms. The van der Waals surface area contributed by atoms with Crippen LogP contribution in [0.15, 0.2) is 48.5 Å². The summed E-state index contributed by atoms with van der Waals surface area (Å²) in [5.74, 6) is 0.465. The van der Waals surface area contributed by atoms with Gasteiger partial charge in [0.2, 0.25) is 5.91 Å². The quantitative estimate of drug-likeness (QED) is 0.360. The molecule has 0 saturated heterocycles. The van der Waals surface area contributed by atoms with Crippen molar-refractivity contribution in [2.45, 2.75) is 38.8 Å². The van der Waals surface area contributed by atoms with Gasteiger partial charge in [-0.25, -0.2) is 0 Å². The average Bonchev–Trinajstić information content (AvgIpc) is 2.72. The Labute approximate surface area is 174 Å². The summed E-state index contributed by atoms with van der Waals surface area (Å²) in [6, 6.07) is 10.0. The second kappa shape index (κ2) is 11.3. The second-order valence-electron chi connectivity index (χ2n) is 6.69. The van der Waals surface area contributed by atoms with Crippen LogP contribution in [0.1, 0.15) is 43.7 Å². The number of rotatable bonds is 10. The third-order valence-electron chi connectivity index (χ3n) is 4.36. The number of para-hydroxylation sites is 1. The van der Waals surface area contributed by atoms with Crippen LogP contribution >= 0.6 is 0 Å². The molecule has 0 aliphatic heterocycles. The molecule has 0 bridgehead atoms. The lowest BCUT2D eigenvalue weighted by Gasteiger charge is -2.12. The predicted molar refractivity (Wildman–Crippen MR) is 112 cm³/mol. The number of hydrogen-bond donors (Lipinski definition) is 1. The van der Waals surface area contributed by atoms with Gasteiger partial charge in [-0.05, 0) is 42.3 Å². The van der Waals surface area contributed by atoms with Gasteiger partial charge in [0.15, 0.2) is 11.5 Å². The number of nitrogens with one attached hydrogen (secondary N) is 1. The minimum Gasteiger partial charge on any atom is -0.493 e. The lowest BCUT2D eigenvalue weighted by atomic mass is 10.1. The Bertz CT molecular complexity index is 863. The van der Waals surface area contributed by atoms with E-state index in [4.69, 9.17) is 9.47 Å². The van der Waals surface area contributed by atoms with Crippen molar-refractivity contribution >= 4 is 17.7 Å². The van der Waals surface area contributed by atoms with Crippen molar-refractivity contribution in [1.82, 2.24) is 0 Å². The van der Waals surface area contributed by atoms with Crippen molar-refractivity contribution < 1.29 is 27.4 Å². The summed E-state index contributed by atoms with van der Waals surface area (Å²) in [5.41, 5.74) is -0.526. The zero-order chi connectivity index (χ0) is 22.0. The summed E-state index contributed by atoms with van der Waals surface area (Å²) in [4.78, 5) is 12.1. The van der Waals surface area contributed by atoms with Crippen LogP contribution in [0.25, 0.3) is 6.08 Å². The Morgan fingerprint density at radius 1 is 1.07 bits per heavy atom. The van der Waals surface area contributed by atoms with Crippen LogP contribution in [0.4, 0.5) is 18.9 Å². The van der Waals surface area contributed by atoms with E-state index in [1.807, 2.05) is 0 Å². The zero-order valence-corrected chi connectivity index (χ0v) is 17.1. The number of carbonyl (C=O) groups excluding carboxylic acids is 1. The number of anilines is 1. The maximum atomic E-state index is 13.0. The van der Waals surface area contributed by atoms with Gasteiger partial charge in [-0.15, -0.1) is 0 Å². The van der Waals surface area contributed by atoms with E-state index in [9.17, 15) is 18.0 Å². The lowest BCUT2D eigenvalue weighted by Crippen LogP contribution is -2.14. The summed E-state index contributed by atoms with van der Waals surface area (Å²) < 4.78 is 50.2. The molecule has 0 aliphatic carbocycles. The zero-order valence-electron chi connectivity index (χ0n) is 17.1. The number of benzene rings is 2. The van der Waals surface area contributed by atoms with Crippen LogP contribution in [0, 0.1) is 0 Å². The van der Waals surface area contributed by atoms with Crippen LogP contribution in [0.5, 0.6) is 11.5 Å². The van der Waals surface area contributed by atoms with Gasteiger partial charge >= 0.3 is 6.18 Å². The second-order valence-corrected chi connectivity index (χ2v) is 6.69. The SMILES string of the molecule is CCCCCCOc1ccc(C=CC(=O)Nc2ccccc2C(F)(F)F)cc1OC. The normalized spacial score (nSPS) is 11.5. The minimum absolute atomic E-state index is 0.288. The average molecular weight is 421 g/mol. The predicted octanol–water partition coefficient (Wildman–Crippen LogP) is 6.33. The Morgan fingerprint density at radius 2 is 1.83 bits per heavy atom. The summed E-state index contributed by atoms with van der Waals surface area (Å²) in [5, 5.41) is 2.27. The fraction of sp³-hybridized carbons (Fsp3) is 0.348. The van der Waals surface area contributed by atoms with Crippen molar-refractivity contribution in [1.29, 1.82) is 0 Å². The van der Waals surface area contributed by atoms with Gasteiger partial charge in [-0.2, -0.15) is 13.2 Å². The Hall–Kier alpha value is -2.96. The maximum absolute atomic E-state index is 13.0. The molecule has 2 rings (SSSR count). The van der Waals surface area contributed by atoms with Gasteiger partial charge in [-0.1, -0.05) is 44.4 Å². The first kappa shape index (κ1) is 23.3. The number of amides is 1. The molecule has 0 aromatic heterocycles. The summed E-state index contributed by atoms with van der Waals surface area (Å²) in [6.45, 7) is 2.73. The first-order valence-electron chi connectivity index (χ1n) is 9.81. The number of ether oxygens (including phenoxy) is 2. The summed E-state index contributed by atoms with van der Waals surface area (Å²) >= 11 is 0. The standard InChI is InChI=1S/C23H26F3NO3/c1-3-4-5-8-15-30-20-13-11-17(16-21(20)29-2)12-14-22(28)27-19-10-7-6-9-18(19)23(24,25)26/h6-7,9-14,16H,3-5,8,15H2,1-2H3,(H,27,28). The van der Waals surface area contributed by atoms with E-state index in [0.717, 1.165) is 25.3 Å². The van der Waals surface area contributed by atoms with E-state index in [1.165, 1.54) is 43.9 Å². The largest absolute Gasteiger partial charge is 0.493 e. The highest BCUT2D eigenvalue weighted by molar-refractivity contribution is 6.02. The fourth-order valence-electron chi connectivity index (χ4n) is 2.80. The molecular weight excluding hydrogens is 395 g/mol. The number of methoxy groups -OCH3 is 1. The van der Waals surface area contributed by atoms with E-state index in [1.54, 1.807) is 18.2 Å². The van der Waals surface area contributed by atoms with Gasteiger partial charge in [0.1, 0.15) is 0 Å². The maximum Gasteiger partial charge on any atom is 0.418 e. The van der Waals surface area contributed by atoms with E-state index in [-0.39, 0.29) is 5.69 Å². The first-order valence-corrected chi connectivity index (χ1v) is 9.81. The molecule has 0 atom stereocenters. The third kappa shape index (κ3) is 7.13. The highest BCUT2D eigenvalue weighted by Gasteiger charge is 2.33. The number of halogens is 3. The molecule has 0 saturated carbocycles. The summed E-state index contributed by atoms with van der Waals surface area (Å²) in [7, 11) is 1.52. The first-order chi connectivity index (χ1) is 14.3. The Morgan fingerprint density at radius 3 is 2.53 bits per heavy atom. The number of carbonyl (C=O) groups is 1. The van der Waals surface area contributed by atoms with Crippen molar-refractivity contribution in [2.24, 2.45) is 0 Å². The van der Waals surface area contributed by atoms with Gasteiger partial charge < -0.3 is 14.8 Å². The molecular formula is C23H26F3NO3. The van der Waals surface area contributed by atoms with Crippen LogP contribution < -0.4 is 14.8 Å². The van der Waals surface area contributed by atoms with Crippen LogP contribution in [-0.4, -0.2) is 19.6 Å². The lowest BCUT2D eigenvalue weighted by molar-refractivity contribution is -0.136. The van der Waals surface area contributed by atoms with Crippen molar-refractivity contribution in [3.05, 3.63) is 59.7 Å². The molecule has 1 amide bonds. The molecule has 0 aliphatic rings. The van der Waals surface area contributed by atoms with Crippen LogP contribution in [0.2, 0.25) is 0 Å². The topological polar surface area (TPSA) is 47.6 Å². The van der Waals surface area contributed by atoms with E-state index < -0.39 is 17.6 Å². The van der Waals surface area contributed by atoms with Gasteiger partial charge in [0.05, 0.1) is 25.0 Å². The number of unbranched alkanes of at least 4 members (excludes halogenated alkanes) is 3. The summed E-state index contributed by atoms with van der Waals surface area (Å²) in [6.07, 6.45) is 2.50. The number of alkyl halides is 3. The Balaban J connectivity index is 2.01. The monoisotopic (exact) mass is 421 g/mol. The van der Waals surface area contributed by atoms with Gasteiger partial charge in [0.25, 0.3) is 0 Å². The molecule has 0 fully saturated rings. The van der Waals surface area contributed by atoms with Crippen molar-refractivity contribution in [3.8, 4) is 11.5 Å². The minimum atomic E-state index is -4.55. The molecule has 162 valence electrons. The molecule has 1 N–H and O–H groups in total. The highest BCUT2D eigenvalue weighted by atomic mass is 19.4. The molecule has 2 aromatic rings. The number of hydrogen-bond acceptors (Lipinski definition) is 3. The van der Waals surface area contributed by atoms with E-state index >= 15 is 0 Å². The molecule has 2 aromatic carbocycles. The molecule has 4 nitrogen and oxygen atoms in total. The van der Waals surface area contributed by atoms with E-state index in [0.29, 0.717) is 23.7 Å². The van der Waals surface area contributed by atoms with Gasteiger partial charge in [0, 0.05) is 6.08 Å². The smallest absolute Gasteiger partial charge is 0.418 e. The van der Waals surface area contributed by atoms with E-state index in [2.05, 4.69) is 12.2 Å². The molecule has 0 radical (unpaired) electrons. The van der Waals surface area contributed by atoms with Gasteiger partial charge in [-0.3, -0.25) is 4.79 Å². The molecule has 0 unspecified atom stereocenters.